The molecule has 1 atom stereocenters. The molecule has 2 aromatic heterocycles. The fraction of sp³-hybridized carbons (Fsp3) is 0.632. The normalized spacial score (nSPS) is 20.0. The molecule has 4 rings (SSSR count). The molecule has 0 aromatic carbocycles. The maximum absolute atomic E-state index is 12.5. The molecule has 2 fully saturated rings. The van der Waals surface area contributed by atoms with Gasteiger partial charge in [-0.3, -0.25) is 4.79 Å². The summed E-state index contributed by atoms with van der Waals surface area (Å²) in [6, 6.07) is 0.337. The molecule has 1 saturated carbocycles. The molecule has 1 saturated heterocycles. The van der Waals surface area contributed by atoms with E-state index in [1.165, 1.54) is 28.7 Å². The molecule has 2 aliphatic rings. The van der Waals surface area contributed by atoms with Gasteiger partial charge in [-0.05, 0) is 57.9 Å². The molecule has 1 amide bonds. The third kappa shape index (κ3) is 3.24. The van der Waals surface area contributed by atoms with Crippen molar-refractivity contribution in [3.8, 4) is 0 Å². The first-order chi connectivity index (χ1) is 12.0. The van der Waals surface area contributed by atoms with Crippen molar-refractivity contribution in [1.29, 1.82) is 0 Å². The number of nitrogens with one attached hydrogen (secondary N) is 1. The first-order valence-electron chi connectivity index (χ1n) is 9.30. The predicted molar refractivity (Wildman–Crippen MR) is 102 cm³/mol. The summed E-state index contributed by atoms with van der Waals surface area (Å²) in [4.78, 5) is 26.2. The van der Waals surface area contributed by atoms with Crippen LogP contribution in [0.2, 0.25) is 0 Å². The minimum atomic E-state index is 0.139. The zero-order chi connectivity index (χ0) is 17.6. The number of carbonyl (C=O) groups excluding carboxylic acids is 1. The van der Waals surface area contributed by atoms with Gasteiger partial charge in [0.1, 0.15) is 17.0 Å². The van der Waals surface area contributed by atoms with Crippen LogP contribution in [-0.2, 0) is 4.79 Å². The SMILES string of the molecule is Cc1sc2ncnc(N3CCC(C(=O)NC(C)C4CC4)CC3)c2c1C. The summed E-state index contributed by atoms with van der Waals surface area (Å²) >= 11 is 1.74. The molecule has 1 aliphatic heterocycles. The van der Waals surface area contributed by atoms with Crippen LogP contribution in [0.4, 0.5) is 5.82 Å². The number of aromatic nitrogens is 2. The van der Waals surface area contributed by atoms with Crippen molar-refractivity contribution in [2.75, 3.05) is 18.0 Å². The lowest BCUT2D eigenvalue weighted by molar-refractivity contribution is -0.126. The molecule has 1 unspecified atom stereocenters. The number of anilines is 1. The third-order valence-corrected chi connectivity index (χ3v) is 6.92. The standard InChI is InChI=1S/C19H26N4OS/c1-11-13(3)25-19-16(11)17(20-10-21-19)23-8-6-15(7-9-23)18(24)22-12(2)14-4-5-14/h10,12,14-15H,4-9H2,1-3H3,(H,22,24). The van der Waals surface area contributed by atoms with Crippen LogP contribution in [0.1, 0.15) is 43.0 Å². The smallest absolute Gasteiger partial charge is 0.223 e. The van der Waals surface area contributed by atoms with E-state index in [0.717, 1.165) is 36.6 Å². The van der Waals surface area contributed by atoms with Crippen LogP contribution >= 0.6 is 11.3 Å². The molecule has 6 heteroatoms. The van der Waals surface area contributed by atoms with Crippen LogP contribution in [0.3, 0.4) is 0 Å². The lowest BCUT2D eigenvalue weighted by atomic mass is 9.95. The van der Waals surface area contributed by atoms with E-state index >= 15 is 0 Å². The second kappa shape index (κ2) is 6.56. The molecule has 5 nitrogen and oxygen atoms in total. The molecule has 1 aliphatic carbocycles. The van der Waals surface area contributed by atoms with E-state index in [1.54, 1.807) is 17.7 Å². The van der Waals surface area contributed by atoms with E-state index in [2.05, 4.69) is 41.0 Å². The summed E-state index contributed by atoms with van der Waals surface area (Å²) in [5.41, 5.74) is 1.29. The summed E-state index contributed by atoms with van der Waals surface area (Å²) < 4.78 is 0. The number of fused-ring (bicyclic) bond motifs is 1. The zero-order valence-corrected chi connectivity index (χ0v) is 16.0. The summed E-state index contributed by atoms with van der Waals surface area (Å²) in [5.74, 6) is 2.13. The van der Waals surface area contributed by atoms with E-state index in [9.17, 15) is 4.79 Å². The molecular weight excluding hydrogens is 332 g/mol. The maximum atomic E-state index is 12.5. The molecular formula is C19H26N4OS. The molecule has 134 valence electrons. The second-order valence-corrected chi connectivity index (χ2v) is 8.76. The highest BCUT2D eigenvalue weighted by Gasteiger charge is 2.32. The van der Waals surface area contributed by atoms with Crippen molar-refractivity contribution in [1.82, 2.24) is 15.3 Å². The lowest BCUT2D eigenvalue weighted by Crippen LogP contribution is -2.44. The number of nitrogens with zero attached hydrogens (tertiary/aromatic N) is 3. The molecule has 3 heterocycles. The molecule has 0 radical (unpaired) electrons. The topological polar surface area (TPSA) is 58.1 Å². The molecule has 1 N–H and O–H groups in total. The van der Waals surface area contributed by atoms with Gasteiger partial charge in [0.25, 0.3) is 0 Å². The van der Waals surface area contributed by atoms with Gasteiger partial charge < -0.3 is 10.2 Å². The van der Waals surface area contributed by atoms with Crippen LogP contribution in [0.5, 0.6) is 0 Å². The molecule has 0 bridgehead atoms. The van der Waals surface area contributed by atoms with Gasteiger partial charge in [-0.1, -0.05) is 0 Å². The average molecular weight is 359 g/mol. The van der Waals surface area contributed by atoms with Gasteiger partial charge in [0.2, 0.25) is 5.91 Å². The minimum absolute atomic E-state index is 0.139. The summed E-state index contributed by atoms with van der Waals surface area (Å²) in [6.07, 6.45) is 6.00. The number of piperidine rings is 1. The number of carbonyl (C=O) groups is 1. The first kappa shape index (κ1) is 16.8. The van der Waals surface area contributed by atoms with Crippen LogP contribution in [-0.4, -0.2) is 35.0 Å². The number of amides is 1. The predicted octanol–water partition coefficient (Wildman–Crippen LogP) is 3.44. The number of hydrogen-bond acceptors (Lipinski definition) is 5. The highest BCUT2D eigenvalue weighted by molar-refractivity contribution is 7.18. The largest absolute Gasteiger partial charge is 0.356 e. The van der Waals surface area contributed by atoms with Crippen LogP contribution in [0.25, 0.3) is 10.2 Å². The Morgan fingerprint density at radius 3 is 2.64 bits per heavy atom. The third-order valence-electron chi connectivity index (χ3n) is 5.81. The lowest BCUT2D eigenvalue weighted by Gasteiger charge is -2.33. The highest BCUT2D eigenvalue weighted by Crippen LogP contribution is 2.36. The van der Waals surface area contributed by atoms with Gasteiger partial charge in [0, 0.05) is 29.9 Å². The Bertz CT molecular complexity index is 790. The molecule has 0 spiro atoms. The quantitative estimate of drug-likeness (QED) is 0.910. The van der Waals surface area contributed by atoms with Crippen LogP contribution < -0.4 is 10.2 Å². The van der Waals surface area contributed by atoms with Gasteiger partial charge in [0.05, 0.1) is 5.39 Å². The van der Waals surface area contributed by atoms with Gasteiger partial charge in [-0.15, -0.1) is 11.3 Å². The van der Waals surface area contributed by atoms with Crippen molar-refractivity contribution >= 4 is 33.3 Å². The summed E-state index contributed by atoms with van der Waals surface area (Å²) in [6.45, 7) is 8.21. The molecule has 2 aromatic rings. The van der Waals surface area contributed by atoms with Gasteiger partial charge in [-0.25, -0.2) is 9.97 Å². The molecule has 25 heavy (non-hydrogen) atoms. The monoisotopic (exact) mass is 358 g/mol. The Labute approximate surface area is 152 Å². The number of hydrogen-bond donors (Lipinski definition) is 1. The summed E-state index contributed by atoms with van der Waals surface area (Å²) in [5, 5.41) is 4.42. The van der Waals surface area contributed by atoms with E-state index in [-0.39, 0.29) is 11.8 Å². The van der Waals surface area contributed by atoms with E-state index in [4.69, 9.17) is 0 Å². The van der Waals surface area contributed by atoms with Crippen molar-refractivity contribution in [3.63, 3.8) is 0 Å². The second-order valence-electron chi connectivity index (χ2n) is 7.56. The average Bonchev–Trinajstić information content (AvgIpc) is 3.42. The number of rotatable bonds is 4. The Balaban J connectivity index is 1.44. The highest BCUT2D eigenvalue weighted by atomic mass is 32.1. The van der Waals surface area contributed by atoms with Crippen LogP contribution in [0, 0.1) is 25.7 Å². The minimum Gasteiger partial charge on any atom is -0.356 e. The van der Waals surface area contributed by atoms with Crippen molar-refractivity contribution in [3.05, 3.63) is 16.8 Å². The van der Waals surface area contributed by atoms with Gasteiger partial charge >= 0.3 is 0 Å². The van der Waals surface area contributed by atoms with E-state index in [1.807, 2.05) is 0 Å². The van der Waals surface area contributed by atoms with Gasteiger partial charge in [0.15, 0.2) is 0 Å². The first-order valence-corrected chi connectivity index (χ1v) is 10.1. The van der Waals surface area contributed by atoms with Crippen molar-refractivity contribution in [2.45, 2.75) is 52.5 Å². The van der Waals surface area contributed by atoms with Gasteiger partial charge in [-0.2, -0.15) is 0 Å². The van der Waals surface area contributed by atoms with E-state index in [0.29, 0.717) is 12.0 Å². The fourth-order valence-corrected chi connectivity index (χ4v) is 4.80. The Morgan fingerprint density at radius 2 is 1.96 bits per heavy atom. The Morgan fingerprint density at radius 1 is 1.24 bits per heavy atom. The van der Waals surface area contributed by atoms with Crippen molar-refractivity contribution < 1.29 is 4.79 Å². The summed E-state index contributed by atoms with van der Waals surface area (Å²) in [7, 11) is 0. The van der Waals surface area contributed by atoms with Crippen molar-refractivity contribution in [2.24, 2.45) is 11.8 Å². The maximum Gasteiger partial charge on any atom is 0.223 e. The number of thiophene rings is 1. The Kier molecular flexibility index (Phi) is 4.40. The number of aryl methyl sites for hydroxylation is 2. The van der Waals surface area contributed by atoms with E-state index < -0.39 is 0 Å². The van der Waals surface area contributed by atoms with Crippen LogP contribution in [0.15, 0.2) is 6.33 Å². The Hall–Kier alpha value is -1.69. The zero-order valence-electron chi connectivity index (χ0n) is 15.2. The fourth-order valence-electron chi connectivity index (χ4n) is 3.81.